The molecule has 3 nitrogen and oxygen atoms in total. The molecular weight excluding hydrogens is 395 g/mol. The molecule has 0 atom stereocenters. The fraction of sp³-hybridized carbons (Fsp3) is 0.111. The first-order chi connectivity index (χ1) is 12.1. The summed E-state index contributed by atoms with van der Waals surface area (Å²) < 4.78 is 0.948. The van der Waals surface area contributed by atoms with Crippen LogP contribution in [0.5, 0.6) is 0 Å². The zero-order valence-electron chi connectivity index (χ0n) is 13.0. The molecule has 0 radical (unpaired) electrons. The van der Waals surface area contributed by atoms with E-state index in [1.165, 1.54) is 0 Å². The van der Waals surface area contributed by atoms with Gasteiger partial charge in [-0.15, -0.1) is 11.3 Å². The van der Waals surface area contributed by atoms with E-state index in [1.807, 2.05) is 29.6 Å². The summed E-state index contributed by atoms with van der Waals surface area (Å²) in [6, 6.07) is 14.7. The van der Waals surface area contributed by atoms with E-state index in [0.717, 1.165) is 21.3 Å². The normalized spacial score (nSPS) is 10.6. The van der Waals surface area contributed by atoms with Crippen molar-refractivity contribution in [3.05, 3.63) is 64.0 Å². The molecule has 0 fully saturated rings. The Morgan fingerprint density at radius 2 is 1.68 bits per heavy atom. The Morgan fingerprint density at radius 1 is 1.04 bits per heavy atom. The molecule has 1 N–H and O–H groups in total. The fourth-order valence-corrected chi connectivity index (χ4v) is 4.16. The van der Waals surface area contributed by atoms with Crippen molar-refractivity contribution in [2.24, 2.45) is 0 Å². The van der Waals surface area contributed by atoms with Crippen molar-refractivity contribution < 1.29 is 4.79 Å². The Kier molecular flexibility index (Phi) is 6.37. The molecule has 0 saturated carbocycles. The molecule has 7 heteroatoms. The van der Waals surface area contributed by atoms with Crippen molar-refractivity contribution in [2.45, 2.75) is 10.8 Å². The number of aromatic nitrogens is 1. The Bertz CT molecular complexity index is 848. The summed E-state index contributed by atoms with van der Waals surface area (Å²) in [5.74, 6) is 0.650. The molecule has 0 aliphatic carbocycles. The third kappa shape index (κ3) is 5.47. The van der Waals surface area contributed by atoms with Crippen molar-refractivity contribution in [2.75, 3.05) is 11.1 Å². The van der Waals surface area contributed by atoms with Crippen LogP contribution in [0.25, 0.3) is 11.3 Å². The lowest BCUT2D eigenvalue weighted by Gasteiger charge is -2.04. The van der Waals surface area contributed by atoms with Crippen LogP contribution >= 0.6 is 46.3 Å². The number of carbonyl (C=O) groups excluding carboxylic acids is 1. The summed E-state index contributed by atoms with van der Waals surface area (Å²) in [6.45, 7) is 0. The van der Waals surface area contributed by atoms with Crippen molar-refractivity contribution >= 4 is 57.9 Å². The number of rotatable bonds is 6. The summed E-state index contributed by atoms with van der Waals surface area (Å²) in [4.78, 5) is 16.6. The van der Waals surface area contributed by atoms with Gasteiger partial charge in [-0.25, -0.2) is 4.98 Å². The SMILES string of the molecule is O=C(CCSc1nc(-c2ccc(Cl)cc2)cs1)Nc1ccc(Cl)cc1. The highest BCUT2D eigenvalue weighted by atomic mass is 35.5. The van der Waals surface area contributed by atoms with Crippen LogP contribution in [0, 0.1) is 0 Å². The number of benzene rings is 2. The van der Waals surface area contributed by atoms with Gasteiger partial charge in [-0.2, -0.15) is 0 Å². The van der Waals surface area contributed by atoms with Crippen molar-refractivity contribution in [1.29, 1.82) is 0 Å². The van der Waals surface area contributed by atoms with Gasteiger partial charge in [0, 0.05) is 38.8 Å². The molecule has 1 aromatic heterocycles. The third-order valence-corrected chi connectivity index (χ3v) is 5.83. The van der Waals surface area contributed by atoms with Crippen LogP contribution < -0.4 is 5.32 Å². The van der Waals surface area contributed by atoms with Crippen LogP contribution in [0.3, 0.4) is 0 Å². The van der Waals surface area contributed by atoms with E-state index in [-0.39, 0.29) is 5.91 Å². The van der Waals surface area contributed by atoms with Crippen molar-refractivity contribution in [3.8, 4) is 11.3 Å². The van der Waals surface area contributed by atoms with E-state index in [2.05, 4.69) is 10.3 Å². The van der Waals surface area contributed by atoms with Crippen molar-refractivity contribution in [3.63, 3.8) is 0 Å². The zero-order valence-corrected chi connectivity index (χ0v) is 16.2. The summed E-state index contributed by atoms with van der Waals surface area (Å²) in [7, 11) is 0. The molecule has 3 aromatic rings. The van der Waals surface area contributed by atoms with Crippen LogP contribution in [0.15, 0.2) is 58.3 Å². The second-order valence-corrected chi connectivity index (χ2v) is 8.23. The molecule has 25 heavy (non-hydrogen) atoms. The number of thiazole rings is 1. The van der Waals surface area contributed by atoms with Gasteiger partial charge in [0.1, 0.15) is 0 Å². The number of thioether (sulfide) groups is 1. The second-order valence-electron chi connectivity index (χ2n) is 5.16. The third-order valence-electron chi connectivity index (χ3n) is 3.31. The number of halogens is 2. The number of nitrogens with zero attached hydrogens (tertiary/aromatic N) is 1. The lowest BCUT2D eigenvalue weighted by molar-refractivity contribution is -0.115. The average molecular weight is 409 g/mol. The van der Waals surface area contributed by atoms with Gasteiger partial charge in [-0.1, -0.05) is 47.1 Å². The molecule has 0 aliphatic heterocycles. The van der Waals surface area contributed by atoms with Crippen LogP contribution in [0.4, 0.5) is 5.69 Å². The lowest BCUT2D eigenvalue weighted by atomic mass is 10.2. The van der Waals surface area contributed by atoms with Gasteiger partial charge in [0.2, 0.25) is 5.91 Å². The van der Waals surface area contributed by atoms with Gasteiger partial charge < -0.3 is 5.32 Å². The standard InChI is InChI=1S/C18H14Cl2N2OS2/c19-13-3-1-12(2-4-13)16-11-25-18(22-16)24-10-9-17(23)21-15-7-5-14(20)6-8-15/h1-8,11H,9-10H2,(H,21,23). The summed E-state index contributed by atoms with van der Waals surface area (Å²) in [5.41, 5.74) is 2.71. The molecule has 0 saturated heterocycles. The molecule has 3 rings (SSSR count). The first-order valence-corrected chi connectivity index (χ1v) is 10.1. The molecule has 2 aromatic carbocycles. The number of amides is 1. The number of hydrogen-bond acceptors (Lipinski definition) is 4. The molecule has 1 heterocycles. The minimum Gasteiger partial charge on any atom is -0.326 e. The zero-order chi connectivity index (χ0) is 17.6. The van der Waals surface area contributed by atoms with Crippen molar-refractivity contribution in [1.82, 2.24) is 4.98 Å². The van der Waals surface area contributed by atoms with Crippen LogP contribution in [-0.4, -0.2) is 16.6 Å². The Balaban J connectivity index is 1.48. The quantitative estimate of drug-likeness (QED) is 0.490. The molecule has 0 unspecified atom stereocenters. The Labute approximate surface area is 164 Å². The van der Waals surface area contributed by atoms with Gasteiger partial charge in [0.05, 0.1) is 5.69 Å². The lowest BCUT2D eigenvalue weighted by Crippen LogP contribution is -2.11. The predicted molar refractivity (Wildman–Crippen MR) is 108 cm³/mol. The topological polar surface area (TPSA) is 42.0 Å². The van der Waals surface area contributed by atoms with Gasteiger partial charge in [0.15, 0.2) is 4.34 Å². The summed E-state index contributed by atoms with van der Waals surface area (Å²) in [6.07, 6.45) is 0.420. The predicted octanol–water partition coefficient (Wildman–Crippen LogP) is 6.24. The largest absolute Gasteiger partial charge is 0.326 e. The highest BCUT2D eigenvalue weighted by Gasteiger charge is 2.07. The molecule has 0 spiro atoms. The number of nitrogens with one attached hydrogen (secondary N) is 1. The summed E-state index contributed by atoms with van der Waals surface area (Å²) >= 11 is 14.9. The highest BCUT2D eigenvalue weighted by molar-refractivity contribution is 8.01. The number of hydrogen-bond donors (Lipinski definition) is 1. The van der Waals surface area contributed by atoms with E-state index in [4.69, 9.17) is 23.2 Å². The van der Waals surface area contributed by atoms with Crippen LogP contribution in [-0.2, 0) is 4.79 Å². The smallest absolute Gasteiger partial charge is 0.225 e. The molecular formula is C18H14Cl2N2OS2. The number of carbonyl (C=O) groups is 1. The second kappa shape index (κ2) is 8.72. The van der Waals surface area contributed by atoms with E-state index in [0.29, 0.717) is 22.2 Å². The summed E-state index contributed by atoms with van der Waals surface area (Å²) in [5, 5.41) is 6.22. The monoisotopic (exact) mass is 408 g/mol. The van der Waals surface area contributed by atoms with E-state index in [9.17, 15) is 4.79 Å². The Hall–Kier alpha value is -1.53. The van der Waals surface area contributed by atoms with Crippen LogP contribution in [0.2, 0.25) is 10.0 Å². The first kappa shape index (κ1) is 18.3. The average Bonchev–Trinajstić information content (AvgIpc) is 3.06. The van der Waals surface area contributed by atoms with E-state index in [1.54, 1.807) is 47.4 Å². The van der Waals surface area contributed by atoms with E-state index >= 15 is 0 Å². The maximum Gasteiger partial charge on any atom is 0.225 e. The van der Waals surface area contributed by atoms with Gasteiger partial charge in [0.25, 0.3) is 0 Å². The number of anilines is 1. The minimum atomic E-state index is -0.0238. The Morgan fingerprint density at radius 3 is 2.36 bits per heavy atom. The molecule has 0 bridgehead atoms. The maximum atomic E-state index is 12.0. The first-order valence-electron chi connectivity index (χ1n) is 7.50. The maximum absolute atomic E-state index is 12.0. The van der Waals surface area contributed by atoms with Gasteiger partial charge >= 0.3 is 0 Å². The fourth-order valence-electron chi connectivity index (χ4n) is 2.06. The van der Waals surface area contributed by atoms with Gasteiger partial charge in [-0.3, -0.25) is 4.79 Å². The molecule has 0 aliphatic rings. The van der Waals surface area contributed by atoms with Crippen LogP contribution in [0.1, 0.15) is 6.42 Å². The van der Waals surface area contributed by atoms with E-state index < -0.39 is 0 Å². The molecule has 128 valence electrons. The van der Waals surface area contributed by atoms with Gasteiger partial charge in [-0.05, 0) is 36.4 Å². The highest BCUT2D eigenvalue weighted by Crippen LogP contribution is 2.29. The molecule has 1 amide bonds. The minimum absolute atomic E-state index is 0.0238.